The number of ether oxygens (including phenoxy) is 2. The number of hydrogen-bond acceptors (Lipinski definition) is 6. The number of carbonyl (C=O) groups excluding carboxylic acids is 4. The Bertz CT molecular complexity index is 1570. The van der Waals surface area contributed by atoms with Crippen molar-refractivity contribution >= 4 is 52.5 Å². The number of rotatable bonds is 12. The Labute approximate surface area is 281 Å². The number of likely N-dealkylation sites (N-methyl/N-ethyl adjacent to an activating group) is 1. The fourth-order valence-corrected chi connectivity index (χ4v) is 5.53. The average Bonchev–Trinajstić information content (AvgIpc) is 3.56. The molecule has 47 heavy (non-hydrogen) atoms. The van der Waals surface area contributed by atoms with Crippen LogP contribution in [0.1, 0.15) is 63.2 Å². The minimum Gasteiger partial charge on any atom is -0.482 e. The predicted molar refractivity (Wildman–Crippen MR) is 184 cm³/mol. The largest absolute Gasteiger partial charge is 0.482 e. The van der Waals surface area contributed by atoms with Gasteiger partial charge in [0.05, 0.1) is 17.8 Å². The van der Waals surface area contributed by atoms with Gasteiger partial charge in [0.2, 0.25) is 5.91 Å². The maximum Gasteiger partial charge on any atom is 0.338 e. The molecule has 0 atom stereocenters. The number of hydrogen-bond donors (Lipinski definition) is 2. The summed E-state index contributed by atoms with van der Waals surface area (Å²) in [7, 11) is 1.64. The van der Waals surface area contributed by atoms with Gasteiger partial charge in [0.25, 0.3) is 5.91 Å². The number of nitrogens with zero attached hydrogens (tertiary/aromatic N) is 2. The molecule has 0 spiro atoms. The van der Waals surface area contributed by atoms with Gasteiger partial charge in [-0.25, -0.2) is 9.59 Å². The summed E-state index contributed by atoms with van der Waals surface area (Å²) in [5.41, 5.74) is 1.16. The lowest BCUT2D eigenvalue weighted by Gasteiger charge is -2.27. The zero-order chi connectivity index (χ0) is 34.0. The van der Waals surface area contributed by atoms with Crippen LogP contribution in [0.15, 0.2) is 72.8 Å². The molecule has 0 unspecified atom stereocenters. The minimum absolute atomic E-state index is 0.256. The lowest BCUT2D eigenvalue weighted by Crippen LogP contribution is -2.42. The Kier molecular flexibility index (Phi) is 12.2. The van der Waals surface area contributed by atoms with E-state index in [0.717, 1.165) is 19.3 Å². The first kappa shape index (κ1) is 35.3. The summed E-state index contributed by atoms with van der Waals surface area (Å²) in [5, 5.41) is 5.83. The molecular formula is C36H43ClN4O6. The van der Waals surface area contributed by atoms with Crippen molar-refractivity contribution in [3.63, 3.8) is 0 Å². The standard InChI is InChI=1S/C36H43ClN4O6/c1-36(2,3)47-34(44)26-13-9-15-28(21-26)39-35(45)38-23-32(42)41(20-19-25-11-5-6-12-25)30-17-7-8-18-31(30)46-24-33(43)40(4)29-16-10-14-27(37)22-29/h7-10,13-18,21-22,25H,5-6,11-12,19-20,23-24H2,1-4H3,(H2,38,39,45). The van der Waals surface area contributed by atoms with Crippen LogP contribution >= 0.6 is 11.6 Å². The molecule has 0 radical (unpaired) electrons. The maximum absolute atomic E-state index is 13.7. The van der Waals surface area contributed by atoms with E-state index in [2.05, 4.69) is 10.6 Å². The first-order chi connectivity index (χ1) is 22.4. The van der Waals surface area contributed by atoms with E-state index in [9.17, 15) is 19.2 Å². The summed E-state index contributed by atoms with van der Waals surface area (Å²) in [6.07, 6.45) is 5.40. The van der Waals surface area contributed by atoms with Gasteiger partial charge >= 0.3 is 12.0 Å². The van der Waals surface area contributed by atoms with Crippen molar-refractivity contribution in [2.45, 2.75) is 58.5 Å². The van der Waals surface area contributed by atoms with E-state index >= 15 is 0 Å². The van der Waals surface area contributed by atoms with Crippen molar-refractivity contribution in [3.8, 4) is 5.75 Å². The van der Waals surface area contributed by atoms with Crippen LogP contribution in [0.4, 0.5) is 21.9 Å². The molecule has 1 aliphatic rings. The van der Waals surface area contributed by atoms with E-state index in [-0.39, 0.29) is 25.0 Å². The van der Waals surface area contributed by atoms with Crippen molar-refractivity contribution in [1.82, 2.24) is 5.32 Å². The van der Waals surface area contributed by atoms with E-state index < -0.39 is 17.6 Å². The van der Waals surface area contributed by atoms with Crippen molar-refractivity contribution < 1.29 is 28.7 Å². The lowest BCUT2D eigenvalue weighted by molar-refractivity contribution is -0.120. The van der Waals surface area contributed by atoms with E-state index in [0.29, 0.717) is 45.9 Å². The van der Waals surface area contributed by atoms with Crippen LogP contribution in [0.2, 0.25) is 5.02 Å². The van der Waals surface area contributed by atoms with Crippen LogP contribution in [0.3, 0.4) is 0 Å². The molecule has 2 N–H and O–H groups in total. The van der Waals surface area contributed by atoms with Crippen LogP contribution in [-0.4, -0.2) is 56.2 Å². The van der Waals surface area contributed by atoms with Gasteiger partial charge in [-0.2, -0.15) is 0 Å². The van der Waals surface area contributed by atoms with Crippen LogP contribution in [-0.2, 0) is 14.3 Å². The first-order valence-electron chi connectivity index (χ1n) is 15.8. The molecule has 0 saturated heterocycles. The smallest absolute Gasteiger partial charge is 0.338 e. The number of esters is 1. The zero-order valence-electron chi connectivity index (χ0n) is 27.4. The number of para-hydroxylation sites is 2. The molecule has 10 nitrogen and oxygen atoms in total. The monoisotopic (exact) mass is 662 g/mol. The van der Waals surface area contributed by atoms with Gasteiger partial charge in [-0.1, -0.05) is 61.5 Å². The molecule has 3 aromatic rings. The van der Waals surface area contributed by atoms with Crippen molar-refractivity contribution in [1.29, 1.82) is 0 Å². The molecule has 1 saturated carbocycles. The van der Waals surface area contributed by atoms with E-state index in [1.165, 1.54) is 23.8 Å². The molecule has 3 aromatic carbocycles. The van der Waals surface area contributed by atoms with Crippen molar-refractivity contribution in [3.05, 3.63) is 83.4 Å². The average molecular weight is 663 g/mol. The van der Waals surface area contributed by atoms with Gasteiger partial charge in [0, 0.05) is 30.0 Å². The molecular weight excluding hydrogens is 620 g/mol. The predicted octanol–water partition coefficient (Wildman–Crippen LogP) is 7.07. The van der Waals surface area contributed by atoms with Crippen LogP contribution in [0, 0.1) is 5.92 Å². The Balaban J connectivity index is 1.42. The third kappa shape index (κ3) is 10.7. The number of anilines is 3. The molecule has 0 bridgehead atoms. The molecule has 1 fully saturated rings. The van der Waals surface area contributed by atoms with Gasteiger partial charge in [-0.15, -0.1) is 0 Å². The van der Waals surface area contributed by atoms with Gasteiger partial charge in [0.15, 0.2) is 6.61 Å². The van der Waals surface area contributed by atoms with Crippen LogP contribution in [0.25, 0.3) is 0 Å². The highest BCUT2D eigenvalue weighted by Gasteiger charge is 2.24. The Morgan fingerprint density at radius 3 is 2.36 bits per heavy atom. The highest BCUT2D eigenvalue weighted by atomic mass is 35.5. The molecule has 0 aliphatic heterocycles. The van der Waals surface area contributed by atoms with Crippen molar-refractivity contribution in [2.24, 2.45) is 5.92 Å². The Morgan fingerprint density at radius 1 is 0.915 bits per heavy atom. The summed E-state index contributed by atoms with van der Waals surface area (Å²) in [6, 6.07) is 19.8. The SMILES string of the molecule is CN(C(=O)COc1ccccc1N(CCC1CCCC1)C(=O)CNC(=O)Nc1cccc(C(=O)OC(C)(C)C)c1)c1cccc(Cl)c1. The topological polar surface area (TPSA) is 117 Å². The second kappa shape index (κ2) is 16.3. The molecule has 0 aromatic heterocycles. The third-order valence-corrected chi connectivity index (χ3v) is 8.00. The first-order valence-corrected chi connectivity index (χ1v) is 16.2. The zero-order valence-corrected chi connectivity index (χ0v) is 28.1. The van der Waals surface area contributed by atoms with Gasteiger partial charge in [0.1, 0.15) is 11.4 Å². The summed E-state index contributed by atoms with van der Waals surface area (Å²) in [6.45, 7) is 5.22. The quantitative estimate of drug-likeness (QED) is 0.200. The normalized spacial score (nSPS) is 13.0. The second-order valence-corrected chi connectivity index (χ2v) is 13.0. The maximum atomic E-state index is 13.7. The van der Waals surface area contributed by atoms with Crippen molar-refractivity contribution in [2.75, 3.05) is 41.9 Å². The number of halogens is 1. The molecule has 1 aliphatic carbocycles. The minimum atomic E-state index is -0.658. The van der Waals surface area contributed by atoms with Crippen LogP contribution < -0.4 is 25.2 Å². The molecule has 4 rings (SSSR count). The fraction of sp³-hybridized carbons (Fsp3) is 0.389. The highest BCUT2D eigenvalue weighted by molar-refractivity contribution is 6.30. The molecule has 4 amide bonds. The second-order valence-electron chi connectivity index (χ2n) is 12.6. The van der Waals surface area contributed by atoms with E-state index in [1.807, 2.05) is 0 Å². The summed E-state index contributed by atoms with van der Waals surface area (Å²) < 4.78 is 11.4. The highest BCUT2D eigenvalue weighted by Crippen LogP contribution is 2.32. The molecule has 0 heterocycles. The molecule has 11 heteroatoms. The summed E-state index contributed by atoms with van der Waals surface area (Å²) in [4.78, 5) is 55.0. The number of urea groups is 1. The van der Waals surface area contributed by atoms with Gasteiger partial charge in [-0.3, -0.25) is 9.59 Å². The summed E-state index contributed by atoms with van der Waals surface area (Å²) in [5.74, 6) is -0.240. The number of carbonyl (C=O) groups is 4. The fourth-order valence-electron chi connectivity index (χ4n) is 5.35. The Hall–Kier alpha value is -4.57. The van der Waals surface area contributed by atoms with Crippen LogP contribution in [0.5, 0.6) is 5.75 Å². The van der Waals surface area contributed by atoms with E-state index in [1.54, 1.807) is 99.4 Å². The Morgan fingerprint density at radius 2 is 1.64 bits per heavy atom. The summed E-state index contributed by atoms with van der Waals surface area (Å²) >= 11 is 6.10. The lowest BCUT2D eigenvalue weighted by atomic mass is 10.0. The number of benzene rings is 3. The van der Waals surface area contributed by atoms with Gasteiger partial charge < -0.3 is 29.9 Å². The number of amides is 4. The van der Waals surface area contributed by atoms with Gasteiger partial charge in [-0.05, 0) is 81.6 Å². The molecule has 250 valence electrons. The third-order valence-electron chi connectivity index (χ3n) is 7.77. The van der Waals surface area contributed by atoms with E-state index in [4.69, 9.17) is 21.1 Å². The number of nitrogens with one attached hydrogen (secondary N) is 2.